The summed E-state index contributed by atoms with van der Waals surface area (Å²) in [4.78, 5) is 22.6. The average molecular weight is 503 g/mol. The lowest BCUT2D eigenvalue weighted by atomic mass is 10.2. The summed E-state index contributed by atoms with van der Waals surface area (Å²) in [6, 6.07) is 12.1. The Morgan fingerprint density at radius 2 is 1.82 bits per heavy atom. The maximum atomic E-state index is 13.6. The average Bonchev–Trinajstić information content (AvgIpc) is 3.27. The minimum Gasteiger partial charge on any atom is -0.379 e. The van der Waals surface area contributed by atoms with Gasteiger partial charge in [0.15, 0.2) is 5.13 Å². The summed E-state index contributed by atoms with van der Waals surface area (Å²) < 4.78 is 32.4. The Morgan fingerprint density at radius 1 is 1.12 bits per heavy atom. The third kappa shape index (κ3) is 5.31. The molecule has 1 fully saturated rings. The van der Waals surface area contributed by atoms with Gasteiger partial charge < -0.3 is 4.74 Å². The van der Waals surface area contributed by atoms with Crippen LogP contribution in [0.5, 0.6) is 0 Å². The van der Waals surface area contributed by atoms with E-state index in [4.69, 9.17) is 9.72 Å². The van der Waals surface area contributed by atoms with E-state index in [1.807, 2.05) is 25.1 Å². The Balaban J connectivity index is 1.59. The molecule has 1 amide bonds. The summed E-state index contributed by atoms with van der Waals surface area (Å²) in [7, 11) is -0.586. The van der Waals surface area contributed by atoms with Gasteiger partial charge in [-0.15, -0.1) is 0 Å². The van der Waals surface area contributed by atoms with Crippen molar-refractivity contribution in [3.05, 3.63) is 53.6 Å². The van der Waals surface area contributed by atoms with E-state index in [0.29, 0.717) is 17.2 Å². The molecule has 0 N–H and O–H groups in total. The Hall–Kier alpha value is -2.37. The minimum absolute atomic E-state index is 0.156. The van der Waals surface area contributed by atoms with Gasteiger partial charge in [0, 0.05) is 45.8 Å². The first-order valence-corrected chi connectivity index (χ1v) is 13.5. The number of nitrogens with zero attached hydrogens (tertiary/aromatic N) is 4. The summed E-state index contributed by atoms with van der Waals surface area (Å²) in [5.41, 5.74) is 2.40. The van der Waals surface area contributed by atoms with Crippen molar-refractivity contribution in [2.24, 2.45) is 0 Å². The Labute approximate surface area is 204 Å². The first kappa shape index (κ1) is 24.7. The van der Waals surface area contributed by atoms with Crippen LogP contribution in [0, 0.1) is 6.92 Å². The van der Waals surface area contributed by atoms with Gasteiger partial charge in [0.25, 0.3) is 5.91 Å². The van der Waals surface area contributed by atoms with Crippen LogP contribution in [-0.2, 0) is 14.8 Å². The van der Waals surface area contributed by atoms with Crippen molar-refractivity contribution in [1.29, 1.82) is 0 Å². The van der Waals surface area contributed by atoms with Crippen LogP contribution >= 0.6 is 11.3 Å². The van der Waals surface area contributed by atoms with Crippen molar-refractivity contribution in [1.82, 2.24) is 14.2 Å². The number of para-hydroxylation sites is 1. The smallest absolute Gasteiger partial charge is 0.260 e. The summed E-state index contributed by atoms with van der Waals surface area (Å²) in [6.07, 6.45) is 0.799. The second kappa shape index (κ2) is 10.5. The molecule has 2 aromatic carbocycles. The zero-order valence-electron chi connectivity index (χ0n) is 19.7. The Bertz CT molecular complexity index is 1250. The lowest BCUT2D eigenvalue weighted by molar-refractivity contribution is 0.0376. The van der Waals surface area contributed by atoms with Crippen molar-refractivity contribution >= 4 is 42.6 Å². The zero-order chi connectivity index (χ0) is 24.3. The molecule has 1 saturated heterocycles. The molecule has 182 valence electrons. The first-order chi connectivity index (χ1) is 16.3. The number of fused-ring (bicyclic) bond motifs is 1. The van der Waals surface area contributed by atoms with Crippen LogP contribution in [0.4, 0.5) is 5.13 Å². The van der Waals surface area contributed by atoms with Gasteiger partial charge in [-0.3, -0.25) is 14.6 Å². The fourth-order valence-corrected chi connectivity index (χ4v) is 5.86. The lowest BCUT2D eigenvalue weighted by Crippen LogP contribution is -2.39. The lowest BCUT2D eigenvalue weighted by Gasteiger charge is -2.27. The highest BCUT2D eigenvalue weighted by molar-refractivity contribution is 7.89. The second-order valence-electron chi connectivity index (χ2n) is 8.49. The van der Waals surface area contributed by atoms with Gasteiger partial charge in [0.05, 0.1) is 28.3 Å². The van der Waals surface area contributed by atoms with Gasteiger partial charge in [0.2, 0.25) is 10.0 Å². The number of carbonyl (C=O) groups is 1. The van der Waals surface area contributed by atoms with Crippen LogP contribution < -0.4 is 4.90 Å². The van der Waals surface area contributed by atoms with E-state index in [2.05, 4.69) is 4.90 Å². The highest BCUT2D eigenvalue weighted by Crippen LogP contribution is 2.31. The van der Waals surface area contributed by atoms with Crippen LogP contribution in [0.25, 0.3) is 10.2 Å². The molecule has 0 bridgehead atoms. The molecule has 1 aromatic heterocycles. The quantitative estimate of drug-likeness (QED) is 0.470. The SMILES string of the molecule is Cc1cccc2sc(N(CCCN3CCOCC3)C(=O)c3ccc(S(=O)(=O)N(C)C)cc3)nc12. The van der Waals surface area contributed by atoms with Gasteiger partial charge in [0.1, 0.15) is 0 Å². The molecule has 0 saturated carbocycles. The topological polar surface area (TPSA) is 83.0 Å². The number of aryl methyl sites for hydroxylation is 1. The zero-order valence-corrected chi connectivity index (χ0v) is 21.4. The van der Waals surface area contributed by atoms with Crippen LogP contribution in [-0.4, -0.2) is 82.0 Å². The van der Waals surface area contributed by atoms with E-state index in [-0.39, 0.29) is 10.8 Å². The largest absolute Gasteiger partial charge is 0.379 e. The third-order valence-corrected chi connectivity index (χ3v) is 8.80. The number of rotatable bonds is 8. The van der Waals surface area contributed by atoms with E-state index >= 15 is 0 Å². The highest BCUT2D eigenvalue weighted by Gasteiger charge is 2.24. The van der Waals surface area contributed by atoms with E-state index in [0.717, 1.165) is 59.4 Å². The standard InChI is InChI=1S/C24H30N4O4S2/c1-18-6-4-7-21-22(18)25-24(33-21)28(13-5-12-27-14-16-32-17-15-27)23(29)19-8-10-20(11-9-19)34(30,31)26(2)3/h4,6-11H,5,12-17H2,1-3H3. The number of morpholine rings is 1. The number of carbonyl (C=O) groups excluding carboxylic acids is 1. The van der Waals surface area contributed by atoms with Gasteiger partial charge in [-0.05, 0) is 49.2 Å². The predicted molar refractivity (Wildman–Crippen MR) is 135 cm³/mol. The minimum atomic E-state index is -3.56. The predicted octanol–water partition coefficient (Wildman–Crippen LogP) is 3.22. The molecule has 0 spiro atoms. The molecule has 34 heavy (non-hydrogen) atoms. The monoisotopic (exact) mass is 502 g/mol. The number of benzene rings is 2. The van der Waals surface area contributed by atoms with Gasteiger partial charge in [-0.25, -0.2) is 17.7 Å². The van der Waals surface area contributed by atoms with E-state index in [1.54, 1.807) is 17.0 Å². The second-order valence-corrected chi connectivity index (χ2v) is 11.7. The Kier molecular flexibility index (Phi) is 7.63. The Morgan fingerprint density at radius 3 is 2.47 bits per heavy atom. The van der Waals surface area contributed by atoms with Crippen molar-refractivity contribution in [3.63, 3.8) is 0 Å². The molecule has 4 rings (SSSR count). The molecule has 1 aliphatic heterocycles. The normalized spacial score (nSPS) is 15.2. The maximum Gasteiger partial charge on any atom is 0.260 e. The molecule has 0 aliphatic carbocycles. The van der Waals surface area contributed by atoms with E-state index in [1.165, 1.54) is 37.6 Å². The number of anilines is 1. The highest BCUT2D eigenvalue weighted by atomic mass is 32.2. The maximum absolute atomic E-state index is 13.6. The van der Waals surface area contributed by atoms with Crippen molar-refractivity contribution < 1.29 is 17.9 Å². The fraction of sp³-hybridized carbons (Fsp3) is 0.417. The molecule has 3 aromatic rings. The van der Waals surface area contributed by atoms with E-state index in [9.17, 15) is 13.2 Å². The summed E-state index contributed by atoms with van der Waals surface area (Å²) >= 11 is 1.50. The molecule has 0 atom stereocenters. The number of thiazole rings is 1. The van der Waals surface area contributed by atoms with Crippen LogP contribution in [0.2, 0.25) is 0 Å². The third-order valence-electron chi connectivity index (χ3n) is 5.93. The molecular formula is C24H30N4O4S2. The molecule has 8 nitrogen and oxygen atoms in total. The molecule has 2 heterocycles. The number of sulfonamides is 1. The van der Waals surface area contributed by atoms with Crippen molar-refractivity contribution in [2.45, 2.75) is 18.2 Å². The van der Waals surface area contributed by atoms with Crippen LogP contribution in [0.3, 0.4) is 0 Å². The molecule has 10 heteroatoms. The first-order valence-electron chi connectivity index (χ1n) is 11.3. The summed E-state index contributed by atoms with van der Waals surface area (Å²) in [5, 5.41) is 0.654. The number of hydrogen-bond acceptors (Lipinski definition) is 7. The summed E-state index contributed by atoms with van der Waals surface area (Å²) in [5.74, 6) is -0.188. The molecule has 0 unspecified atom stereocenters. The van der Waals surface area contributed by atoms with Crippen molar-refractivity contribution in [3.8, 4) is 0 Å². The van der Waals surface area contributed by atoms with Gasteiger partial charge >= 0.3 is 0 Å². The molecule has 1 aliphatic rings. The van der Waals surface area contributed by atoms with E-state index < -0.39 is 10.0 Å². The molecule has 0 radical (unpaired) electrons. The van der Waals surface area contributed by atoms with Gasteiger partial charge in [-0.1, -0.05) is 23.5 Å². The molecular weight excluding hydrogens is 472 g/mol. The number of amides is 1. The van der Waals surface area contributed by atoms with Crippen LogP contribution in [0.15, 0.2) is 47.4 Å². The number of aromatic nitrogens is 1. The number of ether oxygens (including phenoxy) is 1. The van der Waals surface area contributed by atoms with Crippen LogP contribution in [0.1, 0.15) is 22.3 Å². The fourth-order valence-electron chi connectivity index (χ4n) is 3.89. The van der Waals surface area contributed by atoms with Gasteiger partial charge in [-0.2, -0.15) is 0 Å². The number of hydrogen-bond donors (Lipinski definition) is 0. The van der Waals surface area contributed by atoms with Crippen molar-refractivity contribution in [2.75, 3.05) is 58.4 Å². The summed E-state index contributed by atoms with van der Waals surface area (Å²) in [6.45, 7) is 6.68.